The van der Waals surface area contributed by atoms with Crippen molar-refractivity contribution >= 4 is 17.1 Å². The number of carbonyl (C=O) groups excluding carboxylic acids is 1. The van der Waals surface area contributed by atoms with Gasteiger partial charge in [-0.25, -0.2) is 4.98 Å². The van der Waals surface area contributed by atoms with Gasteiger partial charge in [-0.05, 0) is 0 Å². The first-order valence-corrected chi connectivity index (χ1v) is 5.81. The molecular formula is C10H9N3O2S. The van der Waals surface area contributed by atoms with Crippen LogP contribution in [0.1, 0.15) is 22.6 Å². The van der Waals surface area contributed by atoms with E-state index in [1.165, 1.54) is 11.3 Å². The average Bonchev–Trinajstić information content (AvgIpc) is 2.82. The molecule has 6 heteroatoms. The van der Waals surface area contributed by atoms with Gasteiger partial charge in [0.2, 0.25) is 0 Å². The van der Waals surface area contributed by atoms with Crippen LogP contribution in [0.15, 0.2) is 11.7 Å². The molecule has 2 heterocycles. The number of hydrogen-bond acceptors (Lipinski definition) is 5. The molecule has 1 unspecified atom stereocenters. The van der Waals surface area contributed by atoms with Crippen molar-refractivity contribution in [1.29, 1.82) is 0 Å². The van der Waals surface area contributed by atoms with E-state index in [0.717, 1.165) is 10.6 Å². The van der Waals surface area contributed by atoms with Gasteiger partial charge in [-0.15, -0.1) is 11.3 Å². The summed E-state index contributed by atoms with van der Waals surface area (Å²) in [5.74, 6) is 0.565. The third-order valence-electron chi connectivity index (χ3n) is 2.57. The van der Waals surface area contributed by atoms with Crippen LogP contribution in [-0.4, -0.2) is 31.9 Å². The molecule has 0 saturated carbocycles. The second-order valence-corrected chi connectivity index (χ2v) is 4.65. The number of ketones is 1. The number of hydrogen-bond donors (Lipinski definition) is 2. The number of aromatic nitrogens is 3. The molecule has 5 nitrogen and oxygen atoms in total. The first-order chi connectivity index (χ1) is 7.74. The minimum absolute atomic E-state index is 0.0965. The van der Waals surface area contributed by atoms with Crippen molar-refractivity contribution in [2.24, 2.45) is 0 Å². The minimum atomic E-state index is -0.588. The van der Waals surface area contributed by atoms with Crippen molar-refractivity contribution in [3.8, 4) is 10.7 Å². The Balaban J connectivity index is 2.07. The Morgan fingerprint density at radius 2 is 2.38 bits per heavy atom. The third-order valence-corrected chi connectivity index (χ3v) is 3.35. The molecule has 0 aliphatic heterocycles. The smallest absolute Gasteiger partial charge is 0.185 e. The SMILES string of the molecule is O=C1CC(O)Cc2[nH]c(-c3cncs3)nc21. The molecule has 1 aliphatic carbocycles. The number of Topliss-reactive ketones (excluding diaryl/α,β-unsaturated/α-hetero) is 1. The minimum Gasteiger partial charge on any atom is -0.392 e. The summed E-state index contributed by atoms with van der Waals surface area (Å²) >= 11 is 1.46. The van der Waals surface area contributed by atoms with E-state index in [-0.39, 0.29) is 12.2 Å². The fraction of sp³-hybridized carbons (Fsp3) is 0.300. The Hall–Kier alpha value is -1.53. The van der Waals surface area contributed by atoms with Crippen LogP contribution in [0.2, 0.25) is 0 Å². The fourth-order valence-corrected chi connectivity index (χ4v) is 2.42. The van der Waals surface area contributed by atoms with Gasteiger partial charge in [0.25, 0.3) is 0 Å². The summed E-state index contributed by atoms with van der Waals surface area (Å²) in [5.41, 5.74) is 2.91. The number of thiazole rings is 1. The number of nitrogens with one attached hydrogen (secondary N) is 1. The number of fused-ring (bicyclic) bond motifs is 1. The first-order valence-electron chi connectivity index (χ1n) is 4.93. The number of rotatable bonds is 1. The highest BCUT2D eigenvalue weighted by atomic mass is 32.1. The van der Waals surface area contributed by atoms with Gasteiger partial charge in [0, 0.05) is 24.7 Å². The zero-order valence-electron chi connectivity index (χ0n) is 8.30. The van der Waals surface area contributed by atoms with E-state index in [1.807, 2.05) is 0 Å². The lowest BCUT2D eigenvalue weighted by atomic mass is 9.97. The molecule has 1 aliphatic rings. The zero-order valence-corrected chi connectivity index (χ0v) is 9.12. The molecule has 2 N–H and O–H groups in total. The molecule has 0 spiro atoms. The van der Waals surface area contributed by atoms with Crippen molar-refractivity contribution in [1.82, 2.24) is 15.0 Å². The van der Waals surface area contributed by atoms with E-state index in [0.29, 0.717) is 17.9 Å². The number of nitrogens with zero attached hydrogens (tertiary/aromatic N) is 2. The van der Waals surface area contributed by atoms with Crippen molar-refractivity contribution < 1.29 is 9.90 Å². The van der Waals surface area contributed by atoms with E-state index >= 15 is 0 Å². The van der Waals surface area contributed by atoms with Crippen LogP contribution in [0.3, 0.4) is 0 Å². The lowest BCUT2D eigenvalue weighted by Gasteiger charge is -2.13. The molecule has 16 heavy (non-hydrogen) atoms. The molecule has 0 amide bonds. The van der Waals surface area contributed by atoms with Crippen molar-refractivity contribution in [2.45, 2.75) is 18.9 Å². The highest BCUT2D eigenvalue weighted by Crippen LogP contribution is 2.26. The molecule has 0 aromatic carbocycles. The highest BCUT2D eigenvalue weighted by Gasteiger charge is 2.27. The molecule has 1 atom stereocenters. The number of carbonyl (C=O) groups is 1. The first kappa shape index (κ1) is 9.68. The van der Waals surface area contributed by atoms with Gasteiger partial charge in [-0.3, -0.25) is 9.78 Å². The molecule has 3 rings (SSSR count). The summed E-state index contributed by atoms with van der Waals surface area (Å²) in [5, 5.41) is 9.49. The molecule has 2 aromatic heterocycles. The molecule has 0 saturated heterocycles. The summed E-state index contributed by atoms with van der Waals surface area (Å²) in [6.07, 6.45) is 1.75. The summed E-state index contributed by atoms with van der Waals surface area (Å²) < 4.78 is 0. The number of aliphatic hydroxyl groups is 1. The predicted octanol–water partition coefficient (Wildman–Crippen LogP) is 1.02. The van der Waals surface area contributed by atoms with Crippen LogP contribution in [0.25, 0.3) is 10.7 Å². The summed E-state index contributed by atoms with van der Waals surface area (Å²) in [4.78, 5) is 23.8. The maximum atomic E-state index is 11.6. The topological polar surface area (TPSA) is 78.9 Å². The average molecular weight is 235 g/mol. The number of aromatic amines is 1. The maximum Gasteiger partial charge on any atom is 0.185 e. The van der Waals surface area contributed by atoms with Gasteiger partial charge in [0.15, 0.2) is 5.78 Å². The van der Waals surface area contributed by atoms with Crippen LogP contribution in [-0.2, 0) is 6.42 Å². The Morgan fingerprint density at radius 3 is 3.12 bits per heavy atom. The van der Waals surface area contributed by atoms with Gasteiger partial charge < -0.3 is 10.1 Å². The second-order valence-electron chi connectivity index (χ2n) is 3.76. The van der Waals surface area contributed by atoms with Crippen LogP contribution in [0, 0.1) is 0 Å². The normalized spacial score (nSPS) is 19.8. The van der Waals surface area contributed by atoms with E-state index in [2.05, 4.69) is 15.0 Å². The lowest BCUT2D eigenvalue weighted by molar-refractivity contribution is 0.0846. The monoisotopic (exact) mass is 235 g/mol. The molecule has 0 fully saturated rings. The molecule has 82 valence electrons. The zero-order chi connectivity index (χ0) is 11.1. The van der Waals surface area contributed by atoms with Gasteiger partial charge >= 0.3 is 0 Å². The van der Waals surface area contributed by atoms with E-state index in [1.54, 1.807) is 11.7 Å². The lowest BCUT2D eigenvalue weighted by Crippen LogP contribution is -2.23. The van der Waals surface area contributed by atoms with Crippen LogP contribution in [0.4, 0.5) is 0 Å². The third kappa shape index (κ3) is 1.46. The van der Waals surface area contributed by atoms with E-state index in [9.17, 15) is 9.90 Å². The molecular weight excluding hydrogens is 226 g/mol. The molecule has 2 aromatic rings. The standard InChI is InChI=1S/C10H9N3O2S/c14-5-1-6-9(7(15)2-5)13-10(12-6)8-3-11-4-16-8/h3-5,14H,1-2H2,(H,12,13). The van der Waals surface area contributed by atoms with Gasteiger partial charge in [0.1, 0.15) is 11.5 Å². The molecule has 0 bridgehead atoms. The Labute approximate surface area is 95.2 Å². The second kappa shape index (κ2) is 3.50. The highest BCUT2D eigenvalue weighted by molar-refractivity contribution is 7.13. The van der Waals surface area contributed by atoms with Crippen LogP contribution < -0.4 is 0 Å². The Kier molecular flexibility index (Phi) is 2.12. The molecule has 0 radical (unpaired) electrons. The predicted molar refractivity (Wildman–Crippen MR) is 58.4 cm³/mol. The van der Waals surface area contributed by atoms with E-state index in [4.69, 9.17) is 0 Å². The van der Waals surface area contributed by atoms with Gasteiger partial charge in [-0.1, -0.05) is 0 Å². The van der Waals surface area contributed by atoms with Gasteiger partial charge in [0.05, 0.1) is 16.5 Å². The summed E-state index contributed by atoms with van der Waals surface area (Å²) in [7, 11) is 0. The maximum absolute atomic E-state index is 11.6. The van der Waals surface area contributed by atoms with Crippen molar-refractivity contribution in [3.63, 3.8) is 0 Å². The van der Waals surface area contributed by atoms with Crippen LogP contribution in [0.5, 0.6) is 0 Å². The Bertz CT molecular complexity index is 532. The Morgan fingerprint density at radius 1 is 1.50 bits per heavy atom. The number of H-pyrrole nitrogens is 1. The summed E-state index contributed by atoms with van der Waals surface area (Å²) in [6.45, 7) is 0. The fourth-order valence-electron chi connectivity index (χ4n) is 1.86. The summed E-state index contributed by atoms with van der Waals surface area (Å²) in [6, 6.07) is 0. The number of imidazole rings is 1. The van der Waals surface area contributed by atoms with Crippen molar-refractivity contribution in [2.75, 3.05) is 0 Å². The van der Waals surface area contributed by atoms with Crippen molar-refractivity contribution in [3.05, 3.63) is 23.1 Å². The van der Waals surface area contributed by atoms with Crippen LogP contribution >= 0.6 is 11.3 Å². The largest absolute Gasteiger partial charge is 0.392 e. The number of aliphatic hydroxyl groups excluding tert-OH is 1. The van der Waals surface area contributed by atoms with Gasteiger partial charge in [-0.2, -0.15) is 0 Å². The van der Waals surface area contributed by atoms with E-state index < -0.39 is 6.10 Å². The quantitative estimate of drug-likeness (QED) is 0.773.